The lowest BCUT2D eigenvalue weighted by molar-refractivity contribution is 0.240. The number of hydrogen-bond acceptors (Lipinski definition) is 9. The molecule has 0 saturated heterocycles. The highest BCUT2D eigenvalue weighted by atomic mass is 16.5. The average molecular weight is 773 g/mol. The molecule has 308 valence electrons. The van der Waals surface area contributed by atoms with Crippen molar-refractivity contribution in [3.63, 3.8) is 0 Å². The van der Waals surface area contributed by atoms with Crippen molar-refractivity contribution in [1.29, 1.82) is 0 Å². The van der Waals surface area contributed by atoms with E-state index in [1.54, 1.807) is 14.2 Å². The van der Waals surface area contributed by atoms with Gasteiger partial charge in [-0.05, 0) is 88.5 Å². The molecular weight excluding hydrogens is 705 g/mol. The number of pyridine rings is 2. The average Bonchev–Trinajstić information content (AvgIpc) is 3.21. The van der Waals surface area contributed by atoms with E-state index in [1.807, 2.05) is 24.5 Å². The molecule has 11 nitrogen and oxygen atoms in total. The van der Waals surface area contributed by atoms with E-state index in [0.29, 0.717) is 37.8 Å². The standard InChI is InChI=1S/C45H68N6O5/c1-9-13-15-27-55-43-37(53-7)29-35(41-39(43)33(11-3)21-25-46-41)50-31(5)19-17-23-48-45(52)49-24-18-20-32(6)51-36-30-38(54-8)44(56-28-16-14-10-2)40-34(12-4)22-26-47-42(36)40/h21-22,25-26,29-32,50-51H,9-20,23-24,27-28H2,1-8H3,(H2,48,49,52). The number of anilines is 2. The molecule has 2 unspecified atom stereocenters. The zero-order valence-corrected chi connectivity index (χ0v) is 35.4. The Morgan fingerprint density at radius 2 is 1.07 bits per heavy atom. The number of urea groups is 1. The van der Waals surface area contributed by atoms with Gasteiger partial charge in [-0.1, -0.05) is 53.4 Å². The van der Waals surface area contributed by atoms with E-state index >= 15 is 0 Å². The smallest absolute Gasteiger partial charge is 0.314 e. The maximum Gasteiger partial charge on any atom is 0.314 e. The number of nitrogens with zero attached hydrogens (tertiary/aromatic N) is 2. The van der Waals surface area contributed by atoms with Gasteiger partial charge in [-0.3, -0.25) is 9.97 Å². The second-order valence-corrected chi connectivity index (χ2v) is 14.7. The maximum atomic E-state index is 12.6. The molecule has 4 aromatic rings. The van der Waals surface area contributed by atoms with Crippen molar-refractivity contribution in [2.45, 2.75) is 131 Å². The minimum atomic E-state index is -0.144. The number of aryl methyl sites for hydroxylation is 2. The van der Waals surface area contributed by atoms with Gasteiger partial charge in [0.05, 0.1) is 60.6 Å². The first-order chi connectivity index (χ1) is 27.3. The fourth-order valence-corrected chi connectivity index (χ4v) is 7.10. The number of ether oxygens (including phenoxy) is 4. The number of carbonyl (C=O) groups excluding carboxylic acids is 1. The van der Waals surface area contributed by atoms with Crippen molar-refractivity contribution < 1.29 is 23.7 Å². The number of methoxy groups -OCH3 is 2. The summed E-state index contributed by atoms with van der Waals surface area (Å²) in [6, 6.07) is 8.29. The summed E-state index contributed by atoms with van der Waals surface area (Å²) in [6.07, 6.45) is 15.4. The molecule has 0 aliphatic rings. The number of aromatic nitrogens is 2. The maximum absolute atomic E-state index is 12.6. The van der Waals surface area contributed by atoms with Gasteiger partial charge in [0.2, 0.25) is 0 Å². The first kappa shape index (κ1) is 44.0. The van der Waals surface area contributed by atoms with Gasteiger partial charge in [0.1, 0.15) is 0 Å². The summed E-state index contributed by atoms with van der Waals surface area (Å²) < 4.78 is 24.3. The third-order valence-electron chi connectivity index (χ3n) is 10.2. The molecule has 0 radical (unpaired) electrons. The van der Waals surface area contributed by atoms with E-state index in [0.717, 1.165) is 122 Å². The van der Waals surface area contributed by atoms with Crippen molar-refractivity contribution in [2.24, 2.45) is 0 Å². The second-order valence-electron chi connectivity index (χ2n) is 14.7. The molecule has 11 heteroatoms. The van der Waals surface area contributed by atoms with Crippen LogP contribution in [0.25, 0.3) is 21.8 Å². The fourth-order valence-electron chi connectivity index (χ4n) is 7.10. The van der Waals surface area contributed by atoms with Crippen molar-refractivity contribution in [2.75, 3.05) is 51.2 Å². The zero-order valence-electron chi connectivity index (χ0n) is 35.4. The molecule has 0 bridgehead atoms. The molecule has 0 aliphatic heterocycles. The highest BCUT2D eigenvalue weighted by Gasteiger charge is 2.21. The molecule has 56 heavy (non-hydrogen) atoms. The van der Waals surface area contributed by atoms with Crippen molar-refractivity contribution in [3.05, 3.63) is 47.8 Å². The molecule has 4 rings (SSSR count). The fraction of sp³-hybridized carbons (Fsp3) is 0.578. The molecule has 4 N–H and O–H groups in total. The Balaban J connectivity index is 1.24. The Hall–Kier alpha value is -4.67. The van der Waals surface area contributed by atoms with Crippen LogP contribution in [-0.4, -0.2) is 68.6 Å². The molecule has 2 amide bonds. The van der Waals surface area contributed by atoms with Crippen molar-refractivity contribution in [1.82, 2.24) is 20.6 Å². The molecular formula is C45H68N6O5. The van der Waals surface area contributed by atoms with Gasteiger partial charge in [-0.2, -0.15) is 0 Å². The third-order valence-corrected chi connectivity index (χ3v) is 10.2. The largest absolute Gasteiger partial charge is 0.493 e. The van der Waals surface area contributed by atoms with Gasteiger partial charge < -0.3 is 40.2 Å². The summed E-state index contributed by atoms with van der Waals surface area (Å²) in [7, 11) is 3.38. The molecule has 2 aromatic heterocycles. The minimum absolute atomic E-state index is 0.144. The third kappa shape index (κ3) is 12.2. The first-order valence-corrected chi connectivity index (χ1v) is 21.1. The number of rotatable bonds is 26. The van der Waals surface area contributed by atoms with Gasteiger partial charge >= 0.3 is 6.03 Å². The molecule has 2 atom stereocenters. The Labute approximate surface area is 335 Å². The van der Waals surface area contributed by atoms with Crippen LogP contribution in [-0.2, 0) is 12.8 Å². The highest BCUT2D eigenvalue weighted by molar-refractivity contribution is 6.00. The van der Waals surface area contributed by atoms with Crippen LogP contribution in [0.2, 0.25) is 0 Å². The normalized spacial score (nSPS) is 12.3. The summed E-state index contributed by atoms with van der Waals surface area (Å²) in [6.45, 7) is 15.5. The number of benzene rings is 2. The summed E-state index contributed by atoms with van der Waals surface area (Å²) in [5.41, 5.74) is 5.99. The van der Waals surface area contributed by atoms with Gasteiger partial charge in [0, 0.05) is 49.7 Å². The number of fused-ring (bicyclic) bond motifs is 2. The number of unbranched alkanes of at least 4 members (excludes halogenated alkanes) is 4. The quantitative estimate of drug-likeness (QED) is 0.0461. The monoisotopic (exact) mass is 773 g/mol. The predicted octanol–water partition coefficient (Wildman–Crippen LogP) is 10.2. The van der Waals surface area contributed by atoms with Gasteiger partial charge in [0.15, 0.2) is 23.0 Å². The molecule has 0 spiro atoms. The zero-order chi connectivity index (χ0) is 40.3. The first-order valence-electron chi connectivity index (χ1n) is 21.1. The van der Waals surface area contributed by atoms with Crippen LogP contribution in [0.4, 0.5) is 16.2 Å². The Bertz CT molecular complexity index is 1690. The molecule has 2 aromatic carbocycles. The minimum Gasteiger partial charge on any atom is -0.493 e. The van der Waals surface area contributed by atoms with Crippen LogP contribution < -0.4 is 40.2 Å². The van der Waals surface area contributed by atoms with Crippen molar-refractivity contribution in [3.8, 4) is 23.0 Å². The summed E-state index contributed by atoms with van der Waals surface area (Å²) in [5, 5.41) is 15.4. The number of hydrogen-bond donors (Lipinski definition) is 4. The van der Waals surface area contributed by atoms with Crippen LogP contribution in [0, 0.1) is 0 Å². The molecule has 0 aliphatic carbocycles. The van der Waals surface area contributed by atoms with E-state index in [9.17, 15) is 4.79 Å². The van der Waals surface area contributed by atoms with E-state index in [-0.39, 0.29) is 18.1 Å². The van der Waals surface area contributed by atoms with Crippen LogP contribution in [0.15, 0.2) is 36.7 Å². The van der Waals surface area contributed by atoms with Gasteiger partial charge in [0.25, 0.3) is 0 Å². The van der Waals surface area contributed by atoms with E-state index in [4.69, 9.17) is 28.9 Å². The lowest BCUT2D eigenvalue weighted by Gasteiger charge is -2.21. The predicted molar refractivity (Wildman–Crippen MR) is 231 cm³/mol. The van der Waals surface area contributed by atoms with Crippen LogP contribution in [0.1, 0.15) is 117 Å². The molecule has 2 heterocycles. The Morgan fingerprint density at radius 1 is 0.643 bits per heavy atom. The Kier molecular flexibility index (Phi) is 18.4. The number of carbonyl (C=O) groups is 1. The lowest BCUT2D eigenvalue weighted by atomic mass is 10.0. The van der Waals surface area contributed by atoms with Gasteiger partial charge in [-0.15, -0.1) is 0 Å². The van der Waals surface area contributed by atoms with Gasteiger partial charge in [-0.25, -0.2) is 4.79 Å². The lowest BCUT2D eigenvalue weighted by Crippen LogP contribution is -2.37. The molecule has 0 fully saturated rings. The van der Waals surface area contributed by atoms with Crippen LogP contribution >= 0.6 is 0 Å². The highest BCUT2D eigenvalue weighted by Crippen LogP contribution is 2.43. The SMILES string of the molecule is CCCCCOc1c(OC)cc(NC(C)CCCNC(=O)NCCCC(C)Nc2cc(OC)c(OCCCCC)c3c(CC)ccnc23)c2nccc(CC)c12. The molecule has 0 saturated carbocycles. The van der Waals surface area contributed by atoms with Crippen molar-refractivity contribution >= 4 is 39.2 Å². The topological polar surface area (TPSA) is 128 Å². The Morgan fingerprint density at radius 3 is 1.45 bits per heavy atom. The van der Waals surface area contributed by atoms with E-state index in [1.165, 1.54) is 11.1 Å². The van der Waals surface area contributed by atoms with E-state index in [2.05, 4.69) is 74.9 Å². The van der Waals surface area contributed by atoms with E-state index < -0.39 is 0 Å². The summed E-state index contributed by atoms with van der Waals surface area (Å²) in [5.74, 6) is 2.97. The number of amides is 2. The number of nitrogens with one attached hydrogen (secondary N) is 4. The van der Waals surface area contributed by atoms with Crippen LogP contribution in [0.5, 0.6) is 23.0 Å². The summed E-state index contributed by atoms with van der Waals surface area (Å²) in [4.78, 5) is 22.2. The second kappa shape index (κ2) is 23.4. The van der Waals surface area contributed by atoms with Crippen LogP contribution in [0.3, 0.4) is 0 Å². The summed E-state index contributed by atoms with van der Waals surface area (Å²) >= 11 is 0.